The SMILES string of the molecule is CCCCCCC/C=C\C/C=C\C/C=C\CCCCCCCCCCCCCCCCCCC(=O)NC(CO)C(O)/C=C/CC/C=C/CCCCCCCCCCCC. The topological polar surface area (TPSA) is 69.6 Å². The quantitative estimate of drug-likeness (QED) is 0.0423. The largest absolute Gasteiger partial charge is 0.394 e. The molecule has 1 amide bonds. The lowest BCUT2D eigenvalue weighted by Crippen LogP contribution is -2.45. The highest BCUT2D eigenvalue weighted by Crippen LogP contribution is 2.16. The molecule has 0 rings (SSSR count). The first-order valence-corrected chi connectivity index (χ1v) is 26.0. The van der Waals surface area contributed by atoms with Gasteiger partial charge in [-0.25, -0.2) is 0 Å². The van der Waals surface area contributed by atoms with Gasteiger partial charge in [-0.05, 0) is 70.6 Å². The predicted octanol–water partition coefficient (Wildman–Crippen LogP) is 16.9. The van der Waals surface area contributed by atoms with E-state index in [-0.39, 0.29) is 12.5 Å². The van der Waals surface area contributed by atoms with Gasteiger partial charge in [-0.3, -0.25) is 4.79 Å². The molecule has 344 valence electrons. The number of hydrogen-bond donors (Lipinski definition) is 3. The van der Waals surface area contributed by atoms with Gasteiger partial charge in [-0.15, -0.1) is 0 Å². The molecule has 4 nitrogen and oxygen atoms in total. The summed E-state index contributed by atoms with van der Waals surface area (Å²) in [6.45, 7) is 4.29. The van der Waals surface area contributed by atoms with Crippen molar-refractivity contribution >= 4 is 5.91 Å². The Morgan fingerprint density at radius 2 is 0.712 bits per heavy atom. The molecule has 3 N–H and O–H groups in total. The van der Waals surface area contributed by atoms with Crippen LogP contribution in [-0.2, 0) is 4.79 Å². The van der Waals surface area contributed by atoms with E-state index in [1.54, 1.807) is 6.08 Å². The summed E-state index contributed by atoms with van der Waals surface area (Å²) >= 11 is 0. The lowest BCUT2D eigenvalue weighted by molar-refractivity contribution is -0.123. The molecule has 0 aliphatic rings. The van der Waals surface area contributed by atoms with Crippen molar-refractivity contribution < 1.29 is 15.0 Å². The van der Waals surface area contributed by atoms with Gasteiger partial charge in [-0.2, -0.15) is 0 Å². The van der Waals surface area contributed by atoms with E-state index in [4.69, 9.17) is 0 Å². The summed E-state index contributed by atoms with van der Waals surface area (Å²) in [5, 5.41) is 23.1. The van der Waals surface area contributed by atoms with Crippen LogP contribution in [0.4, 0.5) is 0 Å². The Labute approximate surface area is 368 Å². The van der Waals surface area contributed by atoms with Gasteiger partial charge in [0.05, 0.1) is 18.8 Å². The van der Waals surface area contributed by atoms with Crippen LogP contribution in [0.15, 0.2) is 60.8 Å². The van der Waals surface area contributed by atoms with Crippen LogP contribution in [0.1, 0.15) is 264 Å². The number of nitrogens with one attached hydrogen (secondary N) is 1. The van der Waals surface area contributed by atoms with Gasteiger partial charge < -0.3 is 15.5 Å². The number of aliphatic hydroxyl groups excluding tert-OH is 2. The van der Waals surface area contributed by atoms with Crippen LogP contribution in [0, 0.1) is 0 Å². The van der Waals surface area contributed by atoms with E-state index in [0.717, 1.165) is 44.9 Å². The number of hydrogen-bond acceptors (Lipinski definition) is 3. The van der Waals surface area contributed by atoms with Gasteiger partial charge in [0, 0.05) is 6.42 Å². The zero-order valence-corrected chi connectivity index (χ0v) is 39.5. The molecule has 0 saturated carbocycles. The average molecular weight is 824 g/mol. The maximum Gasteiger partial charge on any atom is 0.220 e. The van der Waals surface area contributed by atoms with E-state index in [9.17, 15) is 15.0 Å². The Hall–Kier alpha value is -1.91. The number of aliphatic hydroxyl groups is 2. The molecule has 0 fully saturated rings. The van der Waals surface area contributed by atoms with Gasteiger partial charge in [0.25, 0.3) is 0 Å². The van der Waals surface area contributed by atoms with Gasteiger partial charge in [0.2, 0.25) is 5.91 Å². The van der Waals surface area contributed by atoms with Crippen molar-refractivity contribution in [3.63, 3.8) is 0 Å². The first-order chi connectivity index (χ1) is 29.2. The Balaban J connectivity index is 3.52. The van der Waals surface area contributed by atoms with Gasteiger partial charge in [0.1, 0.15) is 0 Å². The monoisotopic (exact) mass is 824 g/mol. The van der Waals surface area contributed by atoms with Gasteiger partial charge >= 0.3 is 0 Å². The van der Waals surface area contributed by atoms with Crippen LogP contribution < -0.4 is 5.32 Å². The number of unbranched alkanes of at least 4 members (excludes halogenated alkanes) is 32. The molecule has 2 atom stereocenters. The molecule has 0 aromatic carbocycles. The van der Waals surface area contributed by atoms with Crippen molar-refractivity contribution in [2.45, 2.75) is 276 Å². The molecule has 0 spiro atoms. The molecule has 0 aromatic heterocycles. The molecule has 4 heteroatoms. The van der Waals surface area contributed by atoms with E-state index in [1.165, 1.54) is 199 Å². The summed E-state index contributed by atoms with van der Waals surface area (Å²) in [6, 6.07) is -0.640. The van der Waals surface area contributed by atoms with Crippen molar-refractivity contribution in [2.75, 3.05) is 6.61 Å². The minimum absolute atomic E-state index is 0.0734. The summed E-state index contributed by atoms with van der Waals surface area (Å²) in [7, 11) is 0. The third-order valence-electron chi connectivity index (χ3n) is 11.7. The van der Waals surface area contributed by atoms with Crippen LogP contribution in [0.25, 0.3) is 0 Å². The highest BCUT2D eigenvalue weighted by atomic mass is 16.3. The zero-order valence-electron chi connectivity index (χ0n) is 39.5. The third-order valence-corrected chi connectivity index (χ3v) is 11.7. The molecule has 2 unspecified atom stereocenters. The van der Waals surface area contributed by atoms with Crippen LogP contribution in [0.5, 0.6) is 0 Å². The molecule has 0 aliphatic heterocycles. The smallest absolute Gasteiger partial charge is 0.220 e. The van der Waals surface area contributed by atoms with E-state index in [0.29, 0.717) is 6.42 Å². The molecule has 0 aliphatic carbocycles. The minimum Gasteiger partial charge on any atom is -0.394 e. The second kappa shape index (κ2) is 50.4. The number of amides is 1. The molecule has 0 saturated heterocycles. The normalized spacial score (nSPS) is 13.4. The molecule has 0 heterocycles. The summed E-state index contributed by atoms with van der Waals surface area (Å²) in [6.07, 6.45) is 70.8. The van der Waals surface area contributed by atoms with Crippen molar-refractivity contribution in [1.82, 2.24) is 5.32 Å². The highest BCUT2D eigenvalue weighted by molar-refractivity contribution is 5.76. The van der Waals surface area contributed by atoms with E-state index in [1.807, 2.05) is 6.08 Å². The Kier molecular flexibility index (Phi) is 48.8. The Morgan fingerprint density at radius 1 is 0.407 bits per heavy atom. The maximum absolute atomic E-state index is 12.4. The predicted molar refractivity (Wildman–Crippen MR) is 262 cm³/mol. The van der Waals surface area contributed by atoms with Crippen LogP contribution in [0.2, 0.25) is 0 Å². The lowest BCUT2D eigenvalue weighted by Gasteiger charge is -2.19. The molecular formula is C55H101NO3. The lowest BCUT2D eigenvalue weighted by atomic mass is 10.0. The summed E-state index contributed by atoms with van der Waals surface area (Å²) in [4.78, 5) is 12.4. The molecule has 0 bridgehead atoms. The van der Waals surface area contributed by atoms with Gasteiger partial charge in [-0.1, -0.05) is 248 Å². The van der Waals surface area contributed by atoms with Crippen molar-refractivity contribution in [3.8, 4) is 0 Å². The number of allylic oxidation sites excluding steroid dienone is 9. The van der Waals surface area contributed by atoms with Crippen molar-refractivity contribution in [3.05, 3.63) is 60.8 Å². The summed E-state index contributed by atoms with van der Waals surface area (Å²) in [5.41, 5.74) is 0. The van der Waals surface area contributed by atoms with Crippen molar-refractivity contribution in [1.29, 1.82) is 0 Å². The fraction of sp³-hybridized carbons (Fsp3) is 0.800. The average Bonchev–Trinajstić information content (AvgIpc) is 3.24. The zero-order chi connectivity index (χ0) is 42.8. The number of carbonyl (C=O) groups is 1. The minimum atomic E-state index is -0.863. The van der Waals surface area contributed by atoms with Crippen LogP contribution in [0.3, 0.4) is 0 Å². The molecule has 0 radical (unpaired) electrons. The maximum atomic E-state index is 12.4. The third kappa shape index (κ3) is 47.0. The van der Waals surface area contributed by atoms with Crippen LogP contribution >= 0.6 is 0 Å². The fourth-order valence-corrected chi connectivity index (χ4v) is 7.73. The number of carbonyl (C=O) groups excluding carboxylic acids is 1. The Morgan fingerprint density at radius 3 is 1.10 bits per heavy atom. The second-order valence-corrected chi connectivity index (χ2v) is 17.6. The molecular weight excluding hydrogens is 723 g/mol. The van der Waals surface area contributed by atoms with E-state index < -0.39 is 12.1 Å². The number of rotatable bonds is 47. The van der Waals surface area contributed by atoms with Gasteiger partial charge in [0.15, 0.2) is 0 Å². The first-order valence-electron chi connectivity index (χ1n) is 26.0. The van der Waals surface area contributed by atoms with E-state index in [2.05, 4.69) is 67.8 Å². The second-order valence-electron chi connectivity index (χ2n) is 17.6. The fourth-order valence-electron chi connectivity index (χ4n) is 7.73. The summed E-state index contributed by atoms with van der Waals surface area (Å²) < 4.78 is 0. The van der Waals surface area contributed by atoms with Crippen LogP contribution in [-0.4, -0.2) is 34.9 Å². The van der Waals surface area contributed by atoms with Crippen molar-refractivity contribution in [2.24, 2.45) is 0 Å². The van der Waals surface area contributed by atoms with E-state index >= 15 is 0 Å². The highest BCUT2D eigenvalue weighted by Gasteiger charge is 2.17. The molecule has 0 aromatic rings. The molecule has 59 heavy (non-hydrogen) atoms. The first kappa shape index (κ1) is 57.1. The standard InChI is InChI=1S/C55H101NO3/c1-3-5-7-9-11-13-15-17-19-21-22-23-24-25-26-27-28-29-30-31-32-33-34-35-37-39-41-43-45-47-49-51-55(59)56-53(52-57)54(58)50-48-46-44-42-40-38-36-20-18-16-14-12-10-8-6-4-2/h15,17,21-22,24-25,40,42,48,50,53-54,57-58H,3-14,16,18-20,23,26-39,41,43-47,49,51-52H2,1-2H3,(H,56,59)/b17-15-,22-21-,25-24-,42-40+,50-48+. The Bertz CT molecular complexity index is 981. The summed E-state index contributed by atoms with van der Waals surface area (Å²) in [5.74, 6) is -0.0734.